The van der Waals surface area contributed by atoms with Gasteiger partial charge in [0.2, 0.25) is 5.75 Å². The number of nitrogens with zero attached hydrogens (tertiary/aromatic N) is 1. The van der Waals surface area contributed by atoms with Crippen LogP contribution in [0.25, 0.3) is 0 Å². The summed E-state index contributed by atoms with van der Waals surface area (Å²) in [7, 11) is 2.58. The topological polar surface area (TPSA) is 118 Å². The average Bonchev–Trinajstić information content (AvgIpc) is 3.67. The number of rotatable bonds is 14. The van der Waals surface area contributed by atoms with Gasteiger partial charge in [-0.1, -0.05) is 18.7 Å². The fraction of sp³-hybridized carbons (Fsp3) is 0.464. The van der Waals surface area contributed by atoms with Crippen LogP contribution in [0.5, 0.6) is 28.7 Å². The number of aromatic nitrogens is 2. The first kappa shape index (κ1) is 29.9. The molecule has 0 aliphatic carbocycles. The first-order valence-electron chi connectivity index (χ1n) is 13.0. The van der Waals surface area contributed by atoms with Crippen molar-refractivity contribution in [2.24, 2.45) is 0 Å². The molecule has 2 atom stereocenters. The molecule has 1 fully saturated rings. The summed E-state index contributed by atoms with van der Waals surface area (Å²) in [5.41, 5.74) is 1.61. The van der Waals surface area contributed by atoms with Crippen LogP contribution in [0.2, 0.25) is 0 Å². The zero-order valence-electron chi connectivity index (χ0n) is 23.4. The molecule has 2 aromatic carbocycles. The van der Waals surface area contributed by atoms with E-state index in [1.165, 1.54) is 18.9 Å². The van der Waals surface area contributed by atoms with Crippen molar-refractivity contribution < 1.29 is 36.8 Å². The number of hydrogen-bond donors (Lipinski definition) is 1. The first-order valence-corrected chi connectivity index (χ1v) is 15.6. The number of aromatic amines is 1. The quantitative estimate of drug-likeness (QED) is 0.193. The summed E-state index contributed by atoms with van der Waals surface area (Å²) in [5, 5.41) is 0.768. The highest BCUT2D eigenvalue weighted by atomic mass is 32.2. The van der Waals surface area contributed by atoms with Gasteiger partial charge in [-0.05, 0) is 54.7 Å². The molecule has 0 saturated carbocycles. The molecule has 0 radical (unpaired) electrons. The maximum Gasteiger partial charge on any atom is 0.203 e. The van der Waals surface area contributed by atoms with Crippen LogP contribution in [0.1, 0.15) is 49.5 Å². The minimum atomic E-state index is -3.63. The van der Waals surface area contributed by atoms with Gasteiger partial charge in [-0.15, -0.1) is 0 Å². The summed E-state index contributed by atoms with van der Waals surface area (Å²) in [4.78, 5) is 7.33. The SMILES string of the molecule is CCCS(=O)(=O)c1cc(C2CCC(c3cc(OC)c(OC)c(OC)c3)O2)cc(OC)c1OCCSc1ncc[nH]1. The fourth-order valence-corrected chi connectivity index (χ4v) is 6.87. The van der Waals surface area contributed by atoms with Gasteiger partial charge in [-0.3, -0.25) is 0 Å². The maximum atomic E-state index is 13.4. The highest BCUT2D eigenvalue weighted by Gasteiger charge is 2.32. The molecule has 0 bridgehead atoms. The Bertz CT molecular complexity index is 1350. The summed E-state index contributed by atoms with van der Waals surface area (Å²) in [6.45, 7) is 2.11. The van der Waals surface area contributed by atoms with Crippen LogP contribution in [0.3, 0.4) is 0 Å². The van der Waals surface area contributed by atoms with Gasteiger partial charge in [0, 0.05) is 18.1 Å². The minimum absolute atomic E-state index is 0.00327. The van der Waals surface area contributed by atoms with E-state index in [2.05, 4.69) is 9.97 Å². The van der Waals surface area contributed by atoms with Gasteiger partial charge in [0.1, 0.15) is 4.90 Å². The molecule has 2 heterocycles. The Morgan fingerprint density at radius 3 is 2.05 bits per heavy atom. The van der Waals surface area contributed by atoms with Gasteiger partial charge in [0.15, 0.2) is 38.0 Å². The molecule has 0 amide bonds. The molecule has 10 nitrogen and oxygen atoms in total. The van der Waals surface area contributed by atoms with Gasteiger partial charge in [0.25, 0.3) is 0 Å². The molecule has 1 aromatic heterocycles. The Morgan fingerprint density at radius 2 is 1.52 bits per heavy atom. The van der Waals surface area contributed by atoms with Crippen molar-refractivity contribution in [2.45, 2.75) is 48.4 Å². The average molecular weight is 593 g/mol. The smallest absolute Gasteiger partial charge is 0.203 e. The number of hydrogen-bond acceptors (Lipinski definition) is 10. The lowest BCUT2D eigenvalue weighted by atomic mass is 10.0. The molecule has 3 aromatic rings. The van der Waals surface area contributed by atoms with E-state index in [-0.39, 0.29) is 35.2 Å². The first-order chi connectivity index (χ1) is 19.3. The minimum Gasteiger partial charge on any atom is -0.493 e. The van der Waals surface area contributed by atoms with E-state index in [9.17, 15) is 8.42 Å². The van der Waals surface area contributed by atoms with Crippen LogP contribution < -0.4 is 23.7 Å². The van der Waals surface area contributed by atoms with Gasteiger partial charge in [-0.25, -0.2) is 13.4 Å². The van der Waals surface area contributed by atoms with Crippen molar-refractivity contribution in [1.82, 2.24) is 9.97 Å². The van der Waals surface area contributed by atoms with Gasteiger partial charge in [0.05, 0.1) is 53.0 Å². The lowest BCUT2D eigenvalue weighted by molar-refractivity contribution is 0.0435. The number of nitrogens with one attached hydrogen (secondary N) is 1. The number of imidazole rings is 1. The number of methoxy groups -OCH3 is 4. The van der Waals surface area contributed by atoms with E-state index < -0.39 is 9.84 Å². The van der Waals surface area contributed by atoms with Crippen molar-refractivity contribution >= 4 is 21.6 Å². The second kappa shape index (κ2) is 13.5. The number of sulfone groups is 1. The third-order valence-electron chi connectivity index (χ3n) is 6.56. The molecule has 0 spiro atoms. The zero-order valence-corrected chi connectivity index (χ0v) is 25.0. The van der Waals surface area contributed by atoms with Crippen LogP contribution in [0, 0.1) is 0 Å². The fourth-order valence-electron chi connectivity index (χ4n) is 4.71. The van der Waals surface area contributed by atoms with Crippen LogP contribution >= 0.6 is 11.8 Å². The summed E-state index contributed by atoms with van der Waals surface area (Å²) in [5.74, 6) is 2.76. The van der Waals surface area contributed by atoms with E-state index in [1.54, 1.807) is 39.8 Å². The Balaban J connectivity index is 1.61. The molecule has 1 saturated heterocycles. The molecule has 2 unspecified atom stereocenters. The van der Waals surface area contributed by atoms with Crippen molar-refractivity contribution in [1.29, 1.82) is 0 Å². The van der Waals surface area contributed by atoms with Crippen molar-refractivity contribution in [3.8, 4) is 28.7 Å². The Kier molecular flexibility index (Phi) is 10.1. The van der Waals surface area contributed by atoms with Crippen molar-refractivity contribution in [3.63, 3.8) is 0 Å². The lowest BCUT2D eigenvalue weighted by Gasteiger charge is -2.21. The van der Waals surface area contributed by atoms with Crippen LogP contribution in [-0.4, -0.2) is 64.9 Å². The molecular weight excluding hydrogens is 556 g/mol. The van der Waals surface area contributed by atoms with Gasteiger partial charge in [-0.2, -0.15) is 0 Å². The molecular formula is C28H36N2O8S2. The molecule has 218 valence electrons. The molecule has 40 heavy (non-hydrogen) atoms. The Hall–Kier alpha value is -3.09. The number of ether oxygens (including phenoxy) is 6. The monoisotopic (exact) mass is 592 g/mol. The highest BCUT2D eigenvalue weighted by Crippen LogP contribution is 2.48. The Morgan fingerprint density at radius 1 is 0.925 bits per heavy atom. The summed E-state index contributed by atoms with van der Waals surface area (Å²) < 4.78 is 61.3. The standard InChI is InChI=1S/C28H36N2O8S2/c1-6-13-40(31,32)25-17-19(16-24(35-4)27(25)37-11-12-39-28-29-9-10-30-28)21-8-7-20(38-21)18-14-22(33-2)26(36-5)23(15-18)34-3/h9-10,14-17,20-21H,6-8,11-13H2,1-5H3,(H,29,30). The largest absolute Gasteiger partial charge is 0.493 e. The number of benzene rings is 2. The van der Waals surface area contributed by atoms with E-state index in [0.717, 1.165) is 22.7 Å². The Labute approximate surface area is 239 Å². The molecule has 1 N–H and O–H groups in total. The van der Waals surface area contributed by atoms with Crippen molar-refractivity contribution in [2.75, 3.05) is 46.6 Å². The molecule has 1 aliphatic rings. The second-order valence-electron chi connectivity index (χ2n) is 9.11. The van der Waals surface area contributed by atoms with E-state index in [1.807, 2.05) is 25.1 Å². The number of H-pyrrole nitrogens is 1. The van der Waals surface area contributed by atoms with E-state index in [4.69, 9.17) is 28.4 Å². The maximum absolute atomic E-state index is 13.4. The van der Waals surface area contributed by atoms with Crippen molar-refractivity contribution in [3.05, 3.63) is 47.8 Å². The third-order valence-corrected chi connectivity index (χ3v) is 9.35. The molecule has 12 heteroatoms. The van der Waals surface area contributed by atoms with Crippen LogP contribution in [0.4, 0.5) is 0 Å². The van der Waals surface area contributed by atoms with Crippen LogP contribution in [0.15, 0.2) is 46.7 Å². The second-order valence-corrected chi connectivity index (χ2v) is 12.3. The summed E-state index contributed by atoms with van der Waals surface area (Å²) >= 11 is 1.48. The van der Waals surface area contributed by atoms with E-state index in [0.29, 0.717) is 41.6 Å². The predicted octanol–water partition coefficient (Wildman–Crippen LogP) is 5.39. The third kappa shape index (κ3) is 6.61. The molecule has 4 rings (SSSR count). The predicted molar refractivity (Wildman–Crippen MR) is 152 cm³/mol. The van der Waals surface area contributed by atoms with Crippen LogP contribution in [-0.2, 0) is 14.6 Å². The highest BCUT2D eigenvalue weighted by molar-refractivity contribution is 7.99. The van der Waals surface area contributed by atoms with Gasteiger partial charge >= 0.3 is 0 Å². The summed E-state index contributed by atoms with van der Waals surface area (Å²) in [6, 6.07) is 7.24. The normalized spacial score (nSPS) is 17.0. The summed E-state index contributed by atoms with van der Waals surface area (Å²) in [6.07, 6.45) is 4.75. The molecule has 1 aliphatic heterocycles. The number of thioether (sulfide) groups is 1. The van der Waals surface area contributed by atoms with Gasteiger partial charge < -0.3 is 33.4 Å². The zero-order chi connectivity index (χ0) is 28.7. The van der Waals surface area contributed by atoms with E-state index >= 15 is 0 Å². The lowest BCUT2D eigenvalue weighted by Crippen LogP contribution is -2.12.